The minimum absolute atomic E-state index is 0.0268. The minimum atomic E-state index is -3.75. The highest BCUT2D eigenvalue weighted by Gasteiger charge is 2.28. The number of nitrogens with zero attached hydrogens (tertiary/aromatic N) is 1. The summed E-state index contributed by atoms with van der Waals surface area (Å²) in [6.07, 6.45) is 0. The molecule has 1 aromatic heterocycles. The molecule has 1 saturated heterocycles. The van der Waals surface area contributed by atoms with Crippen molar-refractivity contribution in [3.05, 3.63) is 17.1 Å². The molecule has 0 aliphatic carbocycles. The van der Waals surface area contributed by atoms with Gasteiger partial charge in [0.05, 0.1) is 19.8 Å². The van der Waals surface area contributed by atoms with Crippen molar-refractivity contribution in [2.75, 3.05) is 26.3 Å². The average Bonchev–Trinajstić information content (AvgIpc) is 2.64. The van der Waals surface area contributed by atoms with Crippen LogP contribution in [-0.4, -0.2) is 44.8 Å². The van der Waals surface area contributed by atoms with Crippen molar-refractivity contribution in [2.24, 2.45) is 0 Å². The van der Waals surface area contributed by atoms with Crippen molar-refractivity contribution >= 4 is 10.0 Å². The minimum Gasteiger partial charge on any atom is -0.465 e. The van der Waals surface area contributed by atoms with Gasteiger partial charge in [-0.1, -0.05) is 0 Å². The lowest BCUT2D eigenvalue weighted by molar-refractivity contribution is 0.0272. The van der Waals surface area contributed by atoms with Gasteiger partial charge in [0.1, 0.15) is 16.4 Å². The van der Waals surface area contributed by atoms with Crippen molar-refractivity contribution in [1.29, 1.82) is 0 Å². The Kier molecular flexibility index (Phi) is 4.26. The standard InChI is InChI=1S/C11H18N2O5S/c1-8-10(7-14)11(9(2)18-8)19(15,16)12-13-3-5-17-6-4-13/h12,14H,3-7H2,1-2H3. The van der Waals surface area contributed by atoms with Crippen LogP contribution in [0.15, 0.2) is 9.31 Å². The first-order valence-electron chi connectivity index (χ1n) is 6.00. The van der Waals surface area contributed by atoms with E-state index in [-0.39, 0.29) is 17.3 Å². The Morgan fingerprint density at radius 2 is 1.89 bits per heavy atom. The Labute approximate surface area is 112 Å². The number of rotatable bonds is 4. The lowest BCUT2D eigenvalue weighted by atomic mass is 10.2. The van der Waals surface area contributed by atoms with Crippen LogP contribution in [0.1, 0.15) is 17.1 Å². The van der Waals surface area contributed by atoms with Crippen molar-refractivity contribution in [3.63, 3.8) is 0 Å². The lowest BCUT2D eigenvalue weighted by Crippen LogP contribution is -2.48. The Bertz CT molecular complexity index is 546. The molecule has 2 N–H and O–H groups in total. The summed E-state index contributed by atoms with van der Waals surface area (Å²) in [6.45, 7) is 4.78. The van der Waals surface area contributed by atoms with Crippen LogP contribution in [0.5, 0.6) is 0 Å². The summed E-state index contributed by atoms with van der Waals surface area (Å²) in [5.41, 5.74) is 0.304. The maximum Gasteiger partial charge on any atom is 0.257 e. The Hall–Kier alpha value is -0.930. The molecule has 7 nitrogen and oxygen atoms in total. The molecule has 19 heavy (non-hydrogen) atoms. The molecule has 1 aliphatic heterocycles. The van der Waals surface area contributed by atoms with Crippen molar-refractivity contribution in [3.8, 4) is 0 Å². The smallest absolute Gasteiger partial charge is 0.257 e. The highest BCUT2D eigenvalue weighted by atomic mass is 32.2. The SMILES string of the molecule is Cc1oc(C)c(S(=O)(=O)NN2CCOCC2)c1CO. The number of aryl methyl sites for hydroxylation is 2. The van der Waals surface area contributed by atoms with E-state index in [1.54, 1.807) is 18.9 Å². The van der Waals surface area contributed by atoms with Crippen LogP contribution in [-0.2, 0) is 21.4 Å². The molecule has 0 amide bonds. The second-order valence-electron chi connectivity index (χ2n) is 4.37. The number of ether oxygens (including phenoxy) is 1. The van der Waals surface area contributed by atoms with Gasteiger partial charge in [0.2, 0.25) is 0 Å². The third-order valence-corrected chi connectivity index (χ3v) is 4.58. The fourth-order valence-electron chi connectivity index (χ4n) is 2.11. The molecule has 0 radical (unpaired) electrons. The van der Waals surface area contributed by atoms with Gasteiger partial charge >= 0.3 is 0 Å². The Balaban J connectivity index is 2.28. The summed E-state index contributed by atoms with van der Waals surface area (Å²) in [5, 5.41) is 10.9. The maximum absolute atomic E-state index is 12.3. The predicted octanol–water partition coefficient (Wildman–Crippen LogP) is -0.0858. The van der Waals surface area contributed by atoms with Gasteiger partial charge in [0.25, 0.3) is 10.0 Å². The molecule has 1 fully saturated rings. The van der Waals surface area contributed by atoms with E-state index in [0.29, 0.717) is 37.6 Å². The summed E-state index contributed by atoms with van der Waals surface area (Å²) in [7, 11) is -3.75. The summed E-state index contributed by atoms with van der Waals surface area (Å²) in [4.78, 5) is 2.52. The molecule has 1 aromatic rings. The third kappa shape index (κ3) is 2.98. The number of morpholine rings is 1. The molecule has 0 atom stereocenters. The molecule has 0 unspecified atom stereocenters. The molecule has 0 saturated carbocycles. The Morgan fingerprint density at radius 1 is 1.26 bits per heavy atom. The summed E-state index contributed by atoms with van der Waals surface area (Å²) < 4.78 is 35.1. The van der Waals surface area contributed by atoms with Crippen LogP contribution in [0.3, 0.4) is 0 Å². The maximum atomic E-state index is 12.3. The van der Waals surface area contributed by atoms with Gasteiger partial charge in [-0.15, -0.1) is 4.83 Å². The monoisotopic (exact) mass is 290 g/mol. The fraction of sp³-hybridized carbons (Fsp3) is 0.636. The van der Waals surface area contributed by atoms with E-state index in [1.807, 2.05) is 0 Å². The van der Waals surface area contributed by atoms with Crippen LogP contribution in [0.4, 0.5) is 0 Å². The van der Waals surface area contributed by atoms with Crippen molar-refractivity contribution in [2.45, 2.75) is 25.3 Å². The van der Waals surface area contributed by atoms with Crippen molar-refractivity contribution < 1.29 is 22.7 Å². The van der Waals surface area contributed by atoms with E-state index < -0.39 is 10.0 Å². The van der Waals surface area contributed by atoms with Crippen molar-refractivity contribution in [1.82, 2.24) is 9.84 Å². The first-order chi connectivity index (χ1) is 8.95. The zero-order chi connectivity index (χ0) is 14.0. The molecule has 2 rings (SSSR count). The van der Waals surface area contributed by atoms with E-state index in [1.165, 1.54) is 0 Å². The van der Waals surface area contributed by atoms with Gasteiger partial charge < -0.3 is 14.3 Å². The zero-order valence-corrected chi connectivity index (χ0v) is 11.8. The molecule has 0 spiro atoms. The van der Waals surface area contributed by atoms with Gasteiger partial charge in [-0.2, -0.15) is 0 Å². The van der Waals surface area contributed by atoms with E-state index in [9.17, 15) is 13.5 Å². The van der Waals surface area contributed by atoms with Gasteiger partial charge in [-0.3, -0.25) is 0 Å². The first-order valence-corrected chi connectivity index (χ1v) is 7.49. The highest BCUT2D eigenvalue weighted by Crippen LogP contribution is 2.26. The number of aliphatic hydroxyl groups is 1. The van der Waals surface area contributed by atoms with Gasteiger partial charge in [-0.25, -0.2) is 13.4 Å². The topological polar surface area (TPSA) is 92.0 Å². The third-order valence-electron chi connectivity index (χ3n) is 3.01. The summed E-state index contributed by atoms with van der Waals surface area (Å²) in [5.74, 6) is 0.699. The zero-order valence-electron chi connectivity index (χ0n) is 11.0. The molecule has 8 heteroatoms. The number of sulfonamides is 1. The number of hydrogen-bond donors (Lipinski definition) is 2. The van der Waals surface area contributed by atoms with Gasteiger partial charge in [-0.05, 0) is 13.8 Å². The van der Waals surface area contributed by atoms with Crippen LogP contribution < -0.4 is 4.83 Å². The lowest BCUT2D eigenvalue weighted by Gasteiger charge is -2.26. The van der Waals surface area contributed by atoms with E-state index in [0.717, 1.165) is 0 Å². The van der Waals surface area contributed by atoms with Crippen LogP contribution in [0, 0.1) is 13.8 Å². The van der Waals surface area contributed by atoms with Gasteiger partial charge in [0, 0.05) is 18.7 Å². The molecule has 108 valence electrons. The highest BCUT2D eigenvalue weighted by molar-refractivity contribution is 7.89. The predicted molar refractivity (Wildman–Crippen MR) is 66.8 cm³/mol. The van der Waals surface area contributed by atoms with Crippen LogP contribution in [0.25, 0.3) is 0 Å². The number of hydrogen-bond acceptors (Lipinski definition) is 6. The normalized spacial score (nSPS) is 17.8. The molecule has 0 bridgehead atoms. The number of furan rings is 1. The van der Waals surface area contributed by atoms with Crippen LogP contribution in [0.2, 0.25) is 0 Å². The number of hydrazine groups is 1. The average molecular weight is 290 g/mol. The van der Waals surface area contributed by atoms with E-state index in [4.69, 9.17) is 9.15 Å². The fourth-order valence-corrected chi connectivity index (χ4v) is 3.68. The quantitative estimate of drug-likeness (QED) is 0.805. The van der Waals surface area contributed by atoms with E-state index in [2.05, 4.69) is 4.83 Å². The molecule has 0 aromatic carbocycles. The van der Waals surface area contributed by atoms with Gasteiger partial charge in [0.15, 0.2) is 0 Å². The molecule has 2 heterocycles. The number of aliphatic hydroxyl groups excluding tert-OH is 1. The second kappa shape index (κ2) is 5.59. The second-order valence-corrected chi connectivity index (χ2v) is 5.97. The number of nitrogens with one attached hydrogen (secondary N) is 1. The largest absolute Gasteiger partial charge is 0.465 e. The first kappa shape index (κ1) is 14.5. The van der Waals surface area contributed by atoms with Crippen LogP contribution >= 0.6 is 0 Å². The molecular formula is C11H18N2O5S. The Morgan fingerprint density at radius 3 is 2.47 bits per heavy atom. The molecular weight excluding hydrogens is 272 g/mol. The summed E-state index contributed by atoms with van der Waals surface area (Å²) in [6, 6.07) is 0. The molecule has 1 aliphatic rings. The summed E-state index contributed by atoms with van der Waals surface area (Å²) >= 11 is 0. The van der Waals surface area contributed by atoms with E-state index >= 15 is 0 Å².